The predicted molar refractivity (Wildman–Crippen MR) is 63.9 cm³/mol. The van der Waals surface area contributed by atoms with Crippen LogP contribution in [0.3, 0.4) is 0 Å². The number of hydrogen-bond donors (Lipinski definition) is 1. The molecule has 16 heavy (non-hydrogen) atoms. The van der Waals surface area contributed by atoms with Gasteiger partial charge in [0, 0.05) is 5.56 Å². The number of primary sulfonamides is 1. The van der Waals surface area contributed by atoms with E-state index < -0.39 is 10.0 Å². The van der Waals surface area contributed by atoms with Crippen molar-refractivity contribution in [2.45, 2.75) is 4.21 Å². The van der Waals surface area contributed by atoms with E-state index in [0.717, 1.165) is 11.3 Å². The third-order valence-corrected chi connectivity index (χ3v) is 4.49. The summed E-state index contributed by atoms with van der Waals surface area (Å²) in [6, 6.07) is 8.90. The lowest BCUT2D eigenvalue weighted by Gasteiger charge is -1.99. The molecular formula is C9H7ClN2O2S2. The Morgan fingerprint density at radius 3 is 2.44 bits per heavy atom. The van der Waals surface area contributed by atoms with Crippen molar-refractivity contribution in [3.63, 3.8) is 0 Å². The van der Waals surface area contributed by atoms with Gasteiger partial charge in [-0.1, -0.05) is 53.3 Å². The van der Waals surface area contributed by atoms with E-state index in [2.05, 4.69) is 4.98 Å². The van der Waals surface area contributed by atoms with Crippen molar-refractivity contribution in [1.29, 1.82) is 0 Å². The molecule has 0 fully saturated rings. The third kappa shape index (κ3) is 2.25. The highest BCUT2D eigenvalue weighted by Gasteiger charge is 2.20. The fraction of sp³-hybridized carbons (Fsp3) is 0. The fourth-order valence-corrected chi connectivity index (χ4v) is 3.39. The van der Waals surface area contributed by atoms with Crippen LogP contribution in [0.4, 0.5) is 0 Å². The summed E-state index contributed by atoms with van der Waals surface area (Å²) in [5.41, 5.74) is 0.979. The molecule has 7 heteroatoms. The van der Waals surface area contributed by atoms with E-state index in [0.29, 0.717) is 11.3 Å². The largest absolute Gasteiger partial charge is 0.249 e. The maximum Gasteiger partial charge on any atom is 0.249 e. The minimum Gasteiger partial charge on any atom is -0.224 e. The first-order valence-electron chi connectivity index (χ1n) is 4.23. The Kier molecular flexibility index (Phi) is 2.98. The highest BCUT2D eigenvalue weighted by Crippen LogP contribution is 2.33. The summed E-state index contributed by atoms with van der Waals surface area (Å²) in [5.74, 6) is 0. The molecular weight excluding hydrogens is 268 g/mol. The van der Waals surface area contributed by atoms with Crippen LogP contribution < -0.4 is 5.14 Å². The first kappa shape index (κ1) is 11.5. The molecule has 0 saturated heterocycles. The summed E-state index contributed by atoms with van der Waals surface area (Å²) in [6.45, 7) is 0. The SMILES string of the molecule is NS(=O)(=O)c1sc(Cl)nc1-c1ccccc1. The number of benzene rings is 1. The number of hydrogen-bond acceptors (Lipinski definition) is 4. The molecule has 1 aromatic heterocycles. The van der Waals surface area contributed by atoms with Crippen molar-refractivity contribution in [2.24, 2.45) is 5.14 Å². The summed E-state index contributed by atoms with van der Waals surface area (Å²) in [7, 11) is -3.79. The van der Waals surface area contributed by atoms with E-state index in [1.165, 1.54) is 0 Å². The molecule has 0 aliphatic rings. The van der Waals surface area contributed by atoms with Crippen molar-refractivity contribution < 1.29 is 8.42 Å². The fourth-order valence-electron chi connectivity index (χ4n) is 1.25. The van der Waals surface area contributed by atoms with Gasteiger partial charge in [-0.25, -0.2) is 18.5 Å². The molecule has 0 saturated carbocycles. The zero-order valence-corrected chi connectivity index (χ0v) is 10.3. The van der Waals surface area contributed by atoms with Gasteiger partial charge in [0.15, 0.2) is 8.68 Å². The zero-order chi connectivity index (χ0) is 11.8. The Hall–Kier alpha value is -0.950. The molecule has 2 aromatic rings. The van der Waals surface area contributed by atoms with E-state index in [1.54, 1.807) is 24.3 Å². The van der Waals surface area contributed by atoms with Gasteiger partial charge in [-0.3, -0.25) is 0 Å². The Bertz CT molecular complexity index is 608. The zero-order valence-electron chi connectivity index (χ0n) is 7.92. The van der Waals surface area contributed by atoms with Gasteiger partial charge in [0.2, 0.25) is 10.0 Å². The average molecular weight is 275 g/mol. The molecule has 1 aromatic carbocycles. The quantitative estimate of drug-likeness (QED) is 0.911. The van der Waals surface area contributed by atoms with Crippen molar-refractivity contribution >= 4 is 33.0 Å². The van der Waals surface area contributed by atoms with Crippen LogP contribution in [0.15, 0.2) is 34.5 Å². The van der Waals surface area contributed by atoms with Crippen molar-refractivity contribution in [3.05, 3.63) is 34.8 Å². The first-order valence-corrected chi connectivity index (χ1v) is 6.97. The highest BCUT2D eigenvalue weighted by molar-refractivity contribution is 7.91. The average Bonchev–Trinajstić information content (AvgIpc) is 2.61. The van der Waals surface area contributed by atoms with E-state index in [9.17, 15) is 8.42 Å². The molecule has 4 nitrogen and oxygen atoms in total. The van der Waals surface area contributed by atoms with Gasteiger partial charge in [-0.15, -0.1) is 0 Å². The summed E-state index contributed by atoms with van der Waals surface area (Å²) in [5, 5.41) is 5.09. The van der Waals surface area contributed by atoms with Crippen LogP contribution in [0.25, 0.3) is 11.3 Å². The Balaban J connectivity index is 2.67. The van der Waals surface area contributed by atoms with Crippen LogP contribution in [0.2, 0.25) is 4.47 Å². The molecule has 2 N–H and O–H groups in total. The topological polar surface area (TPSA) is 73.1 Å². The summed E-state index contributed by atoms with van der Waals surface area (Å²) >= 11 is 6.57. The third-order valence-electron chi connectivity index (χ3n) is 1.88. The number of sulfonamides is 1. The highest BCUT2D eigenvalue weighted by atomic mass is 35.5. The first-order chi connectivity index (χ1) is 7.48. The number of nitrogens with two attached hydrogens (primary N) is 1. The van der Waals surface area contributed by atoms with Crippen LogP contribution in [-0.2, 0) is 10.0 Å². The van der Waals surface area contributed by atoms with Crippen molar-refractivity contribution in [3.8, 4) is 11.3 Å². The van der Waals surface area contributed by atoms with Crippen molar-refractivity contribution in [1.82, 2.24) is 4.98 Å². The maximum atomic E-state index is 11.3. The van der Waals surface area contributed by atoms with Gasteiger partial charge in [0.05, 0.1) is 0 Å². The van der Waals surface area contributed by atoms with Gasteiger partial charge in [-0.05, 0) is 0 Å². The van der Waals surface area contributed by atoms with Crippen LogP contribution >= 0.6 is 22.9 Å². The predicted octanol–water partition coefficient (Wildman–Crippen LogP) is 2.11. The number of halogens is 1. The number of rotatable bonds is 2. The lowest BCUT2D eigenvalue weighted by molar-refractivity contribution is 0.600. The van der Waals surface area contributed by atoms with E-state index in [1.807, 2.05) is 6.07 Å². The molecule has 1 heterocycles. The van der Waals surface area contributed by atoms with Crippen LogP contribution in [0.1, 0.15) is 0 Å². The van der Waals surface area contributed by atoms with Crippen LogP contribution in [0.5, 0.6) is 0 Å². The maximum absolute atomic E-state index is 11.3. The monoisotopic (exact) mass is 274 g/mol. The van der Waals surface area contributed by atoms with Gasteiger partial charge in [0.25, 0.3) is 0 Å². The molecule has 0 aliphatic carbocycles. The van der Waals surface area contributed by atoms with Gasteiger partial charge in [-0.2, -0.15) is 0 Å². The summed E-state index contributed by atoms with van der Waals surface area (Å²) in [4.78, 5) is 3.97. The van der Waals surface area contributed by atoms with Crippen molar-refractivity contribution in [2.75, 3.05) is 0 Å². The smallest absolute Gasteiger partial charge is 0.224 e. The molecule has 0 spiro atoms. The number of nitrogens with zero attached hydrogens (tertiary/aromatic N) is 1. The molecule has 0 amide bonds. The summed E-state index contributed by atoms with van der Waals surface area (Å²) in [6.07, 6.45) is 0. The standard InChI is InChI=1S/C9H7ClN2O2S2/c10-9-12-7(6-4-2-1-3-5-6)8(15-9)16(11,13)14/h1-5H,(H2,11,13,14). The van der Waals surface area contributed by atoms with E-state index >= 15 is 0 Å². The lowest BCUT2D eigenvalue weighted by atomic mass is 10.2. The van der Waals surface area contributed by atoms with Gasteiger partial charge >= 0.3 is 0 Å². The van der Waals surface area contributed by atoms with Crippen LogP contribution in [0, 0.1) is 0 Å². The lowest BCUT2D eigenvalue weighted by Crippen LogP contribution is -2.11. The van der Waals surface area contributed by atoms with Gasteiger partial charge in [0.1, 0.15) is 5.69 Å². The molecule has 0 radical (unpaired) electrons. The second kappa shape index (κ2) is 4.14. The second-order valence-corrected chi connectivity index (χ2v) is 6.35. The van der Waals surface area contributed by atoms with Crippen LogP contribution in [-0.4, -0.2) is 13.4 Å². The number of aromatic nitrogens is 1. The molecule has 84 valence electrons. The van der Waals surface area contributed by atoms with E-state index in [4.69, 9.17) is 16.7 Å². The molecule has 0 atom stereocenters. The Morgan fingerprint density at radius 1 is 1.25 bits per heavy atom. The minimum atomic E-state index is -3.79. The second-order valence-electron chi connectivity index (χ2n) is 3.01. The summed E-state index contributed by atoms with van der Waals surface area (Å²) < 4.78 is 22.8. The van der Waals surface area contributed by atoms with Gasteiger partial charge < -0.3 is 0 Å². The molecule has 2 rings (SSSR count). The minimum absolute atomic E-state index is 0.0105. The normalized spacial score (nSPS) is 11.6. The van der Waals surface area contributed by atoms with E-state index in [-0.39, 0.29) is 8.68 Å². The number of thiazole rings is 1. The molecule has 0 aliphatic heterocycles. The molecule has 0 bridgehead atoms. The Morgan fingerprint density at radius 2 is 1.88 bits per heavy atom. The molecule has 0 unspecified atom stereocenters. The Labute approximate surface area is 102 Å².